The molecule has 5 heteroatoms. The average Bonchev–Trinajstić information content (AvgIpc) is 3.11. The van der Waals surface area contributed by atoms with E-state index < -0.39 is 0 Å². The van der Waals surface area contributed by atoms with Crippen molar-refractivity contribution in [1.29, 1.82) is 0 Å². The lowest BCUT2D eigenvalue weighted by Crippen LogP contribution is -2.52. The standard InChI is InChI=1S/C18H24N4S/c1-15-5-3-6-16(13-15)14-20-18(19-2)22-10-8-21(9-11-22)17-7-4-12-23-17/h3-7,12-13H,8-11,14H2,1-2H3,(H,19,20). The minimum atomic E-state index is 0.819. The molecule has 0 spiro atoms. The number of guanidine groups is 1. The molecule has 1 aliphatic rings. The van der Waals surface area contributed by atoms with E-state index in [0.717, 1.165) is 38.7 Å². The molecule has 0 radical (unpaired) electrons. The van der Waals surface area contributed by atoms with Gasteiger partial charge in [-0.3, -0.25) is 4.99 Å². The van der Waals surface area contributed by atoms with Crippen LogP contribution in [0.1, 0.15) is 11.1 Å². The summed E-state index contributed by atoms with van der Waals surface area (Å²) in [7, 11) is 1.87. The van der Waals surface area contributed by atoms with Crippen molar-refractivity contribution >= 4 is 22.3 Å². The SMILES string of the molecule is CN=C(NCc1cccc(C)c1)N1CCN(c2cccs2)CC1. The highest BCUT2D eigenvalue weighted by molar-refractivity contribution is 7.14. The van der Waals surface area contributed by atoms with E-state index in [1.54, 1.807) is 0 Å². The number of thiophene rings is 1. The summed E-state index contributed by atoms with van der Waals surface area (Å²) in [6.45, 7) is 7.05. The smallest absolute Gasteiger partial charge is 0.194 e. The molecule has 0 atom stereocenters. The highest BCUT2D eigenvalue weighted by Gasteiger charge is 2.20. The number of nitrogens with one attached hydrogen (secondary N) is 1. The molecular weight excluding hydrogens is 304 g/mol. The molecule has 122 valence electrons. The first-order chi connectivity index (χ1) is 11.3. The maximum Gasteiger partial charge on any atom is 0.194 e. The van der Waals surface area contributed by atoms with Crippen LogP contribution in [0, 0.1) is 6.92 Å². The van der Waals surface area contributed by atoms with Gasteiger partial charge in [-0.2, -0.15) is 0 Å². The van der Waals surface area contributed by atoms with E-state index in [2.05, 4.69) is 68.8 Å². The lowest BCUT2D eigenvalue weighted by Gasteiger charge is -2.37. The van der Waals surface area contributed by atoms with Crippen LogP contribution in [0.5, 0.6) is 0 Å². The second-order valence-corrected chi connectivity index (χ2v) is 6.74. The van der Waals surface area contributed by atoms with Gasteiger partial charge in [0.2, 0.25) is 0 Å². The van der Waals surface area contributed by atoms with E-state index in [-0.39, 0.29) is 0 Å². The first-order valence-corrected chi connectivity index (χ1v) is 8.94. The van der Waals surface area contributed by atoms with Crippen LogP contribution >= 0.6 is 11.3 Å². The summed E-state index contributed by atoms with van der Waals surface area (Å²) in [4.78, 5) is 9.25. The number of aliphatic imine (C=N–C) groups is 1. The van der Waals surface area contributed by atoms with Gasteiger partial charge in [-0.05, 0) is 30.0 Å². The Balaban J connectivity index is 1.53. The molecule has 0 aliphatic carbocycles. The van der Waals surface area contributed by atoms with Gasteiger partial charge in [0.15, 0.2) is 5.96 Å². The Kier molecular flexibility index (Phi) is 5.18. The van der Waals surface area contributed by atoms with E-state index in [4.69, 9.17) is 0 Å². The van der Waals surface area contributed by atoms with Crippen molar-refractivity contribution in [3.63, 3.8) is 0 Å². The maximum atomic E-state index is 4.45. The zero-order valence-corrected chi connectivity index (χ0v) is 14.6. The topological polar surface area (TPSA) is 30.9 Å². The van der Waals surface area contributed by atoms with Crippen LogP contribution in [0.15, 0.2) is 46.8 Å². The number of anilines is 1. The molecule has 1 fully saturated rings. The summed E-state index contributed by atoms with van der Waals surface area (Å²) in [5.74, 6) is 0.998. The summed E-state index contributed by atoms with van der Waals surface area (Å²) in [6.07, 6.45) is 0. The number of piperazine rings is 1. The van der Waals surface area contributed by atoms with Crippen LogP contribution in [0.3, 0.4) is 0 Å². The van der Waals surface area contributed by atoms with Crippen molar-refractivity contribution in [1.82, 2.24) is 10.2 Å². The number of benzene rings is 1. The molecule has 0 bridgehead atoms. The summed E-state index contributed by atoms with van der Waals surface area (Å²) < 4.78 is 0. The Morgan fingerprint density at radius 2 is 2.00 bits per heavy atom. The first kappa shape index (κ1) is 15.9. The van der Waals surface area contributed by atoms with Crippen molar-refractivity contribution in [2.24, 2.45) is 4.99 Å². The molecule has 1 aromatic heterocycles. The van der Waals surface area contributed by atoms with Crippen LogP contribution in [0.25, 0.3) is 0 Å². The van der Waals surface area contributed by atoms with E-state index in [1.165, 1.54) is 16.1 Å². The van der Waals surface area contributed by atoms with Crippen molar-refractivity contribution in [2.45, 2.75) is 13.5 Å². The Morgan fingerprint density at radius 3 is 2.65 bits per heavy atom. The van der Waals surface area contributed by atoms with Gasteiger partial charge in [0, 0.05) is 39.8 Å². The number of hydrogen-bond acceptors (Lipinski definition) is 3. The average molecular weight is 328 g/mol. The molecule has 4 nitrogen and oxygen atoms in total. The van der Waals surface area contributed by atoms with Crippen LogP contribution in [-0.2, 0) is 6.54 Å². The van der Waals surface area contributed by atoms with Crippen LogP contribution in [0.4, 0.5) is 5.00 Å². The fourth-order valence-electron chi connectivity index (χ4n) is 2.92. The van der Waals surface area contributed by atoms with Gasteiger partial charge in [-0.25, -0.2) is 0 Å². The molecule has 1 aliphatic heterocycles. The second kappa shape index (κ2) is 7.51. The molecule has 2 heterocycles. The third-order valence-corrected chi connectivity index (χ3v) is 5.07. The predicted octanol–water partition coefficient (Wildman–Crippen LogP) is 2.95. The summed E-state index contributed by atoms with van der Waals surface area (Å²) in [5, 5.41) is 7.00. The second-order valence-electron chi connectivity index (χ2n) is 5.82. The molecule has 3 rings (SSSR count). The maximum absolute atomic E-state index is 4.45. The molecule has 0 amide bonds. The highest BCUT2D eigenvalue weighted by Crippen LogP contribution is 2.22. The van der Waals surface area contributed by atoms with E-state index in [1.807, 2.05) is 18.4 Å². The quantitative estimate of drug-likeness (QED) is 0.694. The van der Waals surface area contributed by atoms with Gasteiger partial charge >= 0.3 is 0 Å². The molecule has 0 unspecified atom stereocenters. The van der Waals surface area contributed by atoms with Gasteiger partial charge in [0.05, 0.1) is 5.00 Å². The van der Waals surface area contributed by atoms with Crippen molar-refractivity contribution in [2.75, 3.05) is 38.1 Å². The van der Waals surface area contributed by atoms with Crippen molar-refractivity contribution < 1.29 is 0 Å². The van der Waals surface area contributed by atoms with E-state index >= 15 is 0 Å². The largest absolute Gasteiger partial charge is 0.360 e. The molecule has 2 aromatic rings. The molecule has 23 heavy (non-hydrogen) atoms. The third kappa shape index (κ3) is 4.05. The van der Waals surface area contributed by atoms with Crippen LogP contribution in [-0.4, -0.2) is 44.1 Å². The lowest BCUT2D eigenvalue weighted by atomic mass is 10.1. The van der Waals surface area contributed by atoms with Gasteiger partial charge in [-0.1, -0.05) is 29.8 Å². The summed E-state index contributed by atoms with van der Waals surface area (Å²) >= 11 is 1.82. The summed E-state index contributed by atoms with van der Waals surface area (Å²) in [5.41, 5.74) is 2.59. The first-order valence-electron chi connectivity index (χ1n) is 8.06. The fraction of sp³-hybridized carbons (Fsp3) is 0.389. The molecule has 1 N–H and O–H groups in total. The van der Waals surface area contributed by atoms with Gasteiger partial charge in [0.25, 0.3) is 0 Å². The van der Waals surface area contributed by atoms with Gasteiger partial charge in [0.1, 0.15) is 0 Å². The Morgan fingerprint density at radius 1 is 1.17 bits per heavy atom. The Bertz CT molecular complexity index is 643. The zero-order chi connectivity index (χ0) is 16.1. The number of nitrogens with zero attached hydrogens (tertiary/aromatic N) is 3. The van der Waals surface area contributed by atoms with Crippen LogP contribution < -0.4 is 10.2 Å². The molecule has 1 saturated heterocycles. The molecule has 0 saturated carbocycles. The zero-order valence-electron chi connectivity index (χ0n) is 13.8. The van der Waals surface area contributed by atoms with Crippen molar-refractivity contribution in [3.05, 3.63) is 52.9 Å². The third-order valence-electron chi connectivity index (χ3n) is 4.14. The molecule has 1 aromatic carbocycles. The summed E-state index contributed by atoms with van der Waals surface area (Å²) in [6, 6.07) is 12.9. The Hall–Kier alpha value is -2.01. The van der Waals surface area contributed by atoms with Crippen molar-refractivity contribution in [3.8, 4) is 0 Å². The predicted molar refractivity (Wildman–Crippen MR) is 99.5 cm³/mol. The fourth-order valence-corrected chi connectivity index (χ4v) is 3.71. The number of hydrogen-bond donors (Lipinski definition) is 1. The minimum Gasteiger partial charge on any atom is -0.360 e. The normalized spacial score (nSPS) is 15.8. The van der Waals surface area contributed by atoms with Crippen LogP contribution in [0.2, 0.25) is 0 Å². The highest BCUT2D eigenvalue weighted by atomic mass is 32.1. The van der Waals surface area contributed by atoms with Gasteiger partial charge < -0.3 is 15.1 Å². The minimum absolute atomic E-state index is 0.819. The van der Waals surface area contributed by atoms with E-state index in [0.29, 0.717) is 0 Å². The monoisotopic (exact) mass is 328 g/mol. The molecular formula is C18H24N4S. The number of rotatable bonds is 3. The lowest BCUT2D eigenvalue weighted by molar-refractivity contribution is 0.373. The van der Waals surface area contributed by atoms with E-state index in [9.17, 15) is 0 Å². The number of aryl methyl sites for hydroxylation is 1. The van der Waals surface area contributed by atoms with Gasteiger partial charge in [-0.15, -0.1) is 11.3 Å². The Labute approximate surface area is 142 Å².